The van der Waals surface area contributed by atoms with Crippen LogP contribution in [0.1, 0.15) is 63.0 Å². The Morgan fingerprint density at radius 2 is 1.64 bits per heavy atom. The molecule has 1 aromatic carbocycles. The SMILES string of the molecule is COc1ccc(C2CCCN2C(=O)C23CC4CC(CC(C4)C2)C3)cc1. The fourth-order valence-electron chi connectivity index (χ4n) is 6.86. The maximum Gasteiger partial charge on any atom is 0.229 e. The van der Waals surface area contributed by atoms with Crippen molar-refractivity contribution in [3.8, 4) is 5.75 Å². The minimum absolute atomic E-state index is 0.0101. The van der Waals surface area contributed by atoms with E-state index in [-0.39, 0.29) is 11.5 Å². The quantitative estimate of drug-likeness (QED) is 0.807. The van der Waals surface area contributed by atoms with Crippen LogP contribution in [0.4, 0.5) is 0 Å². The van der Waals surface area contributed by atoms with Gasteiger partial charge in [-0.3, -0.25) is 4.79 Å². The molecule has 4 aliphatic carbocycles. The van der Waals surface area contributed by atoms with Crippen LogP contribution in [0.5, 0.6) is 5.75 Å². The van der Waals surface area contributed by atoms with Gasteiger partial charge in [-0.05, 0) is 86.8 Å². The predicted molar refractivity (Wildman–Crippen MR) is 97.3 cm³/mol. The Balaban J connectivity index is 1.40. The number of carbonyl (C=O) groups excluding carboxylic acids is 1. The first-order valence-corrected chi connectivity index (χ1v) is 10.1. The van der Waals surface area contributed by atoms with Crippen LogP contribution in [0.15, 0.2) is 24.3 Å². The Bertz CT molecular complexity index is 630. The number of rotatable bonds is 3. The molecule has 4 bridgehead atoms. The fraction of sp³-hybridized carbons (Fsp3) is 0.682. The number of benzene rings is 1. The van der Waals surface area contributed by atoms with Gasteiger partial charge in [0.25, 0.3) is 0 Å². The molecule has 1 heterocycles. The van der Waals surface area contributed by atoms with Crippen LogP contribution in [0, 0.1) is 23.2 Å². The van der Waals surface area contributed by atoms with Crippen molar-refractivity contribution < 1.29 is 9.53 Å². The molecule has 1 aromatic rings. The highest BCUT2D eigenvalue weighted by molar-refractivity contribution is 5.84. The highest BCUT2D eigenvalue weighted by atomic mass is 16.5. The van der Waals surface area contributed by atoms with Crippen molar-refractivity contribution in [3.63, 3.8) is 0 Å². The number of amides is 1. The molecule has 1 amide bonds. The van der Waals surface area contributed by atoms with Gasteiger partial charge < -0.3 is 9.64 Å². The maximum absolute atomic E-state index is 13.7. The lowest BCUT2D eigenvalue weighted by atomic mass is 9.49. The Hall–Kier alpha value is -1.51. The van der Waals surface area contributed by atoms with Crippen molar-refractivity contribution >= 4 is 5.91 Å². The van der Waals surface area contributed by atoms with E-state index < -0.39 is 0 Å². The van der Waals surface area contributed by atoms with Crippen molar-refractivity contribution in [1.82, 2.24) is 4.90 Å². The number of carbonyl (C=O) groups is 1. The molecule has 0 radical (unpaired) electrons. The first kappa shape index (κ1) is 15.7. The van der Waals surface area contributed by atoms with Crippen LogP contribution in [-0.4, -0.2) is 24.5 Å². The smallest absolute Gasteiger partial charge is 0.229 e. The van der Waals surface area contributed by atoms with E-state index in [0.29, 0.717) is 5.91 Å². The Kier molecular flexibility index (Phi) is 3.62. The normalized spacial score (nSPS) is 39.0. The van der Waals surface area contributed by atoms with E-state index in [2.05, 4.69) is 17.0 Å². The molecule has 3 heteroatoms. The van der Waals surface area contributed by atoms with Gasteiger partial charge in [-0.25, -0.2) is 0 Å². The van der Waals surface area contributed by atoms with Crippen LogP contribution in [0.3, 0.4) is 0 Å². The topological polar surface area (TPSA) is 29.5 Å². The van der Waals surface area contributed by atoms with Crippen molar-refractivity contribution in [2.45, 2.75) is 57.4 Å². The summed E-state index contributed by atoms with van der Waals surface area (Å²) < 4.78 is 5.29. The van der Waals surface area contributed by atoms with Gasteiger partial charge in [0.15, 0.2) is 0 Å². The molecule has 0 N–H and O–H groups in total. The lowest BCUT2D eigenvalue weighted by Gasteiger charge is -2.56. The van der Waals surface area contributed by atoms with E-state index in [0.717, 1.165) is 42.9 Å². The number of hydrogen-bond acceptors (Lipinski definition) is 2. The number of nitrogens with zero attached hydrogens (tertiary/aromatic N) is 1. The molecule has 1 unspecified atom stereocenters. The van der Waals surface area contributed by atoms with Gasteiger partial charge in [-0.2, -0.15) is 0 Å². The Morgan fingerprint density at radius 3 is 2.20 bits per heavy atom. The van der Waals surface area contributed by atoms with Crippen molar-refractivity contribution in [1.29, 1.82) is 0 Å². The zero-order chi connectivity index (χ0) is 17.0. The molecular formula is C22H29NO2. The molecule has 1 aliphatic heterocycles. The summed E-state index contributed by atoms with van der Waals surface area (Å²) >= 11 is 0. The van der Waals surface area contributed by atoms with E-state index in [1.165, 1.54) is 44.1 Å². The van der Waals surface area contributed by atoms with Gasteiger partial charge in [0.05, 0.1) is 18.6 Å². The second kappa shape index (κ2) is 5.75. The average molecular weight is 339 g/mol. The Morgan fingerprint density at radius 1 is 1.04 bits per heavy atom. The maximum atomic E-state index is 13.7. The number of ether oxygens (including phenoxy) is 1. The lowest BCUT2D eigenvalue weighted by Crippen LogP contribution is -2.54. The lowest BCUT2D eigenvalue weighted by molar-refractivity contribution is -0.158. The molecule has 25 heavy (non-hydrogen) atoms. The molecule has 3 nitrogen and oxygen atoms in total. The summed E-state index contributed by atoms with van der Waals surface area (Å²) in [5.74, 6) is 3.87. The second-order valence-corrected chi connectivity index (χ2v) is 9.13. The third kappa shape index (κ3) is 2.50. The summed E-state index contributed by atoms with van der Waals surface area (Å²) in [4.78, 5) is 16.0. The highest BCUT2D eigenvalue weighted by Gasteiger charge is 2.56. The molecule has 0 aromatic heterocycles. The molecule has 134 valence electrons. The first-order chi connectivity index (χ1) is 12.2. The molecule has 4 saturated carbocycles. The van der Waals surface area contributed by atoms with Crippen LogP contribution in [-0.2, 0) is 4.79 Å². The van der Waals surface area contributed by atoms with E-state index in [1.807, 2.05) is 12.1 Å². The summed E-state index contributed by atoms with van der Waals surface area (Å²) in [6.45, 7) is 0.942. The number of methoxy groups -OCH3 is 1. The molecular weight excluding hydrogens is 310 g/mol. The molecule has 0 spiro atoms. The molecule has 5 fully saturated rings. The zero-order valence-electron chi connectivity index (χ0n) is 15.2. The summed E-state index contributed by atoms with van der Waals surface area (Å²) in [5.41, 5.74) is 1.26. The minimum atomic E-state index is -0.0101. The summed E-state index contributed by atoms with van der Waals surface area (Å²) in [6.07, 6.45) is 9.94. The van der Waals surface area contributed by atoms with E-state index in [9.17, 15) is 4.79 Å². The third-order valence-electron chi connectivity index (χ3n) is 7.51. The van der Waals surface area contributed by atoms with Crippen LogP contribution in [0.25, 0.3) is 0 Å². The van der Waals surface area contributed by atoms with Crippen molar-refractivity contribution in [2.75, 3.05) is 13.7 Å². The standard InChI is InChI=1S/C22H29NO2/c1-25-19-6-4-18(5-7-19)20-3-2-8-23(20)21(24)22-12-15-9-16(13-22)11-17(10-15)14-22/h4-7,15-17,20H,2-3,8-14H2,1H3. The highest BCUT2D eigenvalue weighted by Crippen LogP contribution is 2.61. The average Bonchev–Trinajstić information content (AvgIpc) is 3.09. The van der Waals surface area contributed by atoms with Gasteiger partial charge in [0.2, 0.25) is 5.91 Å². The van der Waals surface area contributed by atoms with Crippen LogP contribution >= 0.6 is 0 Å². The van der Waals surface area contributed by atoms with Gasteiger partial charge >= 0.3 is 0 Å². The predicted octanol–water partition coefficient (Wildman–Crippen LogP) is 4.58. The fourth-order valence-corrected chi connectivity index (χ4v) is 6.86. The van der Waals surface area contributed by atoms with Crippen molar-refractivity contribution in [2.24, 2.45) is 23.2 Å². The monoisotopic (exact) mass is 339 g/mol. The summed E-state index contributed by atoms with van der Waals surface area (Å²) in [6, 6.07) is 8.62. The molecule has 6 rings (SSSR count). The van der Waals surface area contributed by atoms with Gasteiger partial charge in [-0.1, -0.05) is 12.1 Å². The number of hydrogen-bond donors (Lipinski definition) is 0. The van der Waals surface area contributed by atoms with Crippen LogP contribution in [0.2, 0.25) is 0 Å². The number of likely N-dealkylation sites (tertiary alicyclic amines) is 1. The van der Waals surface area contributed by atoms with E-state index in [1.54, 1.807) is 7.11 Å². The van der Waals surface area contributed by atoms with Gasteiger partial charge in [0, 0.05) is 6.54 Å². The first-order valence-electron chi connectivity index (χ1n) is 10.1. The van der Waals surface area contributed by atoms with Gasteiger partial charge in [0.1, 0.15) is 5.75 Å². The third-order valence-corrected chi connectivity index (χ3v) is 7.51. The molecule has 1 atom stereocenters. The minimum Gasteiger partial charge on any atom is -0.497 e. The van der Waals surface area contributed by atoms with Crippen molar-refractivity contribution in [3.05, 3.63) is 29.8 Å². The van der Waals surface area contributed by atoms with Crippen LogP contribution < -0.4 is 4.74 Å². The molecule has 1 saturated heterocycles. The summed E-state index contributed by atoms with van der Waals surface area (Å²) in [7, 11) is 1.70. The summed E-state index contributed by atoms with van der Waals surface area (Å²) in [5, 5.41) is 0. The van der Waals surface area contributed by atoms with E-state index >= 15 is 0 Å². The Labute approximate surface area is 150 Å². The van der Waals surface area contributed by atoms with E-state index in [4.69, 9.17) is 4.74 Å². The van der Waals surface area contributed by atoms with Gasteiger partial charge in [-0.15, -0.1) is 0 Å². The largest absolute Gasteiger partial charge is 0.497 e. The second-order valence-electron chi connectivity index (χ2n) is 9.13. The zero-order valence-corrected chi connectivity index (χ0v) is 15.2. The molecule has 5 aliphatic rings.